The van der Waals surface area contributed by atoms with E-state index in [4.69, 9.17) is 10.00 Å². The summed E-state index contributed by atoms with van der Waals surface area (Å²) < 4.78 is 7.82. The molecule has 4 aliphatic carbocycles. The van der Waals surface area contributed by atoms with E-state index in [2.05, 4.69) is 25.0 Å². The number of methoxy groups -OCH3 is 1. The van der Waals surface area contributed by atoms with E-state index in [0.29, 0.717) is 29.2 Å². The quantitative estimate of drug-likeness (QED) is 0.732. The molecule has 0 radical (unpaired) electrons. The highest BCUT2D eigenvalue weighted by Crippen LogP contribution is 2.68. The van der Waals surface area contributed by atoms with E-state index in [0.717, 1.165) is 38.5 Å². The van der Waals surface area contributed by atoms with Gasteiger partial charge < -0.3 is 9.84 Å². The molecule has 1 aromatic rings. The molecule has 4 aliphatic rings. The summed E-state index contributed by atoms with van der Waals surface area (Å²) in [5.41, 5.74) is 0.0734. The predicted octanol–water partition coefficient (Wildman–Crippen LogP) is 4.36. The Balaban J connectivity index is 1.40. The molecular formula is C27H39N3O3. The van der Waals surface area contributed by atoms with E-state index < -0.39 is 5.60 Å². The number of carbonyl (C=O) groups excluding carboxylic acids is 1. The standard InChI is InChI=1S/C27H39N3O3/c1-25(32)9-10-26(2)18(12-25)5-6-19-20-7-8-21(27(20,3)24(33-4)11-22(19)26)23(31)16-30-15-17(13-28)14-29-30/h14-15,18-22,24,32H,5-12,16H2,1-4H3/t18-,19-,20-,21+,22-,24+,25+,26-,27-/m0/s1. The van der Waals surface area contributed by atoms with E-state index in [1.807, 2.05) is 14.0 Å². The molecule has 0 bridgehead atoms. The van der Waals surface area contributed by atoms with Gasteiger partial charge >= 0.3 is 0 Å². The number of nitrogens with zero attached hydrogens (tertiary/aromatic N) is 3. The van der Waals surface area contributed by atoms with Crippen molar-refractivity contribution in [1.82, 2.24) is 9.78 Å². The normalized spacial score (nSPS) is 46.7. The Labute approximate surface area is 197 Å². The van der Waals surface area contributed by atoms with Crippen LogP contribution in [0.3, 0.4) is 0 Å². The second-order valence-electron chi connectivity index (χ2n) is 12.3. The van der Waals surface area contributed by atoms with Gasteiger partial charge in [0.25, 0.3) is 0 Å². The van der Waals surface area contributed by atoms with Crippen LogP contribution < -0.4 is 0 Å². The van der Waals surface area contributed by atoms with Crippen LogP contribution in [0.25, 0.3) is 0 Å². The fourth-order valence-corrected chi connectivity index (χ4v) is 9.02. The molecule has 0 aromatic carbocycles. The van der Waals surface area contributed by atoms with Crippen molar-refractivity contribution in [2.45, 2.75) is 90.4 Å². The molecule has 4 saturated carbocycles. The maximum atomic E-state index is 13.5. The molecule has 0 unspecified atom stereocenters. The first-order chi connectivity index (χ1) is 15.6. The number of rotatable bonds is 4. The molecule has 5 rings (SSSR count). The Hall–Kier alpha value is -1.71. The fourth-order valence-electron chi connectivity index (χ4n) is 9.02. The lowest BCUT2D eigenvalue weighted by Crippen LogP contribution is -2.60. The SMILES string of the molecule is CO[C@@H]1C[C@H]2[C@@H](CC[C@H]3C[C@](C)(O)CC[C@@]32C)[C@@H]2CC[C@H](C(=O)Cn3cc(C#N)cn3)[C@@]12C. The summed E-state index contributed by atoms with van der Waals surface area (Å²) in [6.45, 7) is 7.05. The summed E-state index contributed by atoms with van der Waals surface area (Å²) in [5, 5.41) is 24.1. The third-order valence-corrected chi connectivity index (χ3v) is 10.8. The van der Waals surface area contributed by atoms with E-state index >= 15 is 0 Å². The summed E-state index contributed by atoms with van der Waals surface area (Å²) in [7, 11) is 1.83. The van der Waals surface area contributed by atoms with Crippen LogP contribution in [0.2, 0.25) is 0 Å². The second-order valence-corrected chi connectivity index (χ2v) is 12.3. The van der Waals surface area contributed by atoms with Gasteiger partial charge in [0, 0.05) is 24.6 Å². The van der Waals surface area contributed by atoms with E-state index in [-0.39, 0.29) is 35.2 Å². The average Bonchev–Trinajstić information content (AvgIpc) is 3.37. The van der Waals surface area contributed by atoms with Gasteiger partial charge in [-0.1, -0.05) is 13.8 Å². The molecule has 1 heterocycles. The van der Waals surface area contributed by atoms with E-state index in [9.17, 15) is 9.90 Å². The number of nitriles is 1. The summed E-state index contributed by atoms with van der Waals surface area (Å²) in [6.07, 6.45) is 11.6. The van der Waals surface area contributed by atoms with Gasteiger partial charge in [0.1, 0.15) is 6.07 Å². The van der Waals surface area contributed by atoms with Gasteiger partial charge in [-0.25, -0.2) is 0 Å². The van der Waals surface area contributed by atoms with E-state index in [1.54, 1.807) is 10.9 Å². The smallest absolute Gasteiger partial charge is 0.157 e. The van der Waals surface area contributed by atoms with Crippen molar-refractivity contribution < 1.29 is 14.6 Å². The van der Waals surface area contributed by atoms with Gasteiger partial charge in [0.05, 0.1) is 30.0 Å². The van der Waals surface area contributed by atoms with Crippen LogP contribution in [0.5, 0.6) is 0 Å². The predicted molar refractivity (Wildman–Crippen MR) is 124 cm³/mol. The number of ketones is 1. The largest absolute Gasteiger partial charge is 0.390 e. The van der Waals surface area contributed by atoms with Crippen LogP contribution in [-0.4, -0.2) is 39.5 Å². The lowest BCUT2D eigenvalue weighted by Gasteiger charge is -2.63. The Kier molecular flexibility index (Phi) is 5.53. The first kappa shape index (κ1) is 23.1. The van der Waals surface area contributed by atoms with Crippen LogP contribution in [-0.2, 0) is 16.1 Å². The molecule has 33 heavy (non-hydrogen) atoms. The van der Waals surface area contributed by atoms with Gasteiger partial charge in [-0.15, -0.1) is 0 Å². The van der Waals surface area contributed by atoms with Crippen molar-refractivity contribution in [2.75, 3.05) is 7.11 Å². The second kappa shape index (κ2) is 7.92. The van der Waals surface area contributed by atoms with Crippen molar-refractivity contribution in [3.63, 3.8) is 0 Å². The van der Waals surface area contributed by atoms with Gasteiger partial charge in [-0.3, -0.25) is 9.48 Å². The number of carbonyl (C=O) groups is 1. The molecule has 180 valence electrons. The highest BCUT2D eigenvalue weighted by molar-refractivity contribution is 5.82. The number of aromatic nitrogens is 2. The van der Waals surface area contributed by atoms with Gasteiger partial charge in [-0.05, 0) is 87.4 Å². The van der Waals surface area contributed by atoms with Crippen molar-refractivity contribution in [3.8, 4) is 6.07 Å². The third kappa shape index (κ3) is 3.49. The summed E-state index contributed by atoms with van der Waals surface area (Å²) >= 11 is 0. The summed E-state index contributed by atoms with van der Waals surface area (Å²) in [4.78, 5) is 13.5. The Morgan fingerprint density at radius 1 is 1.24 bits per heavy atom. The molecule has 4 fully saturated rings. The molecule has 1 aromatic heterocycles. The Morgan fingerprint density at radius 2 is 2.03 bits per heavy atom. The van der Waals surface area contributed by atoms with Gasteiger partial charge in [-0.2, -0.15) is 10.4 Å². The monoisotopic (exact) mass is 453 g/mol. The lowest BCUT2D eigenvalue weighted by atomic mass is 9.43. The summed E-state index contributed by atoms with van der Waals surface area (Å²) in [6, 6.07) is 2.09. The Morgan fingerprint density at radius 3 is 2.73 bits per heavy atom. The first-order valence-electron chi connectivity index (χ1n) is 12.8. The molecule has 6 heteroatoms. The number of hydrogen-bond acceptors (Lipinski definition) is 5. The first-order valence-corrected chi connectivity index (χ1v) is 12.8. The zero-order valence-electron chi connectivity index (χ0n) is 20.6. The van der Waals surface area contributed by atoms with E-state index in [1.165, 1.54) is 19.0 Å². The zero-order chi connectivity index (χ0) is 23.6. The average molecular weight is 454 g/mol. The van der Waals surface area contributed by atoms with Crippen molar-refractivity contribution in [2.24, 2.45) is 40.4 Å². The summed E-state index contributed by atoms with van der Waals surface area (Å²) in [5.74, 6) is 2.52. The molecule has 6 nitrogen and oxygen atoms in total. The Bertz CT molecular complexity index is 964. The van der Waals surface area contributed by atoms with Crippen molar-refractivity contribution >= 4 is 5.78 Å². The highest BCUT2D eigenvalue weighted by atomic mass is 16.5. The topological polar surface area (TPSA) is 88.1 Å². The highest BCUT2D eigenvalue weighted by Gasteiger charge is 2.65. The minimum Gasteiger partial charge on any atom is -0.390 e. The fraction of sp³-hybridized carbons (Fsp3) is 0.815. The van der Waals surface area contributed by atoms with Crippen LogP contribution in [0.4, 0.5) is 0 Å². The van der Waals surface area contributed by atoms with Crippen LogP contribution in [0.1, 0.15) is 77.7 Å². The molecule has 9 atom stereocenters. The molecule has 0 amide bonds. The molecular weight excluding hydrogens is 414 g/mol. The molecule has 0 aliphatic heterocycles. The minimum atomic E-state index is -0.524. The van der Waals surface area contributed by atoms with Crippen LogP contribution in [0, 0.1) is 51.8 Å². The number of Topliss-reactive ketones (excluding diaryl/α,β-unsaturated/α-hetero) is 1. The number of ether oxygens (including phenoxy) is 1. The van der Waals surface area contributed by atoms with Crippen LogP contribution >= 0.6 is 0 Å². The van der Waals surface area contributed by atoms with Gasteiger partial charge in [0.15, 0.2) is 5.78 Å². The van der Waals surface area contributed by atoms with Gasteiger partial charge in [0.2, 0.25) is 0 Å². The number of hydrogen-bond donors (Lipinski definition) is 1. The number of fused-ring (bicyclic) bond motifs is 5. The zero-order valence-corrected chi connectivity index (χ0v) is 20.6. The maximum Gasteiger partial charge on any atom is 0.157 e. The maximum absolute atomic E-state index is 13.5. The molecule has 0 saturated heterocycles. The number of aliphatic hydroxyl groups is 1. The third-order valence-electron chi connectivity index (χ3n) is 10.8. The minimum absolute atomic E-state index is 0.0271. The lowest BCUT2D eigenvalue weighted by molar-refractivity contribution is -0.188. The van der Waals surface area contributed by atoms with Crippen molar-refractivity contribution in [3.05, 3.63) is 18.0 Å². The molecule has 0 spiro atoms. The van der Waals surface area contributed by atoms with Crippen LogP contribution in [0.15, 0.2) is 12.4 Å². The van der Waals surface area contributed by atoms with Crippen molar-refractivity contribution in [1.29, 1.82) is 5.26 Å². The molecule has 1 N–H and O–H groups in total.